The Morgan fingerprint density at radius 2 is 1.90 bits per heavy atom. The third-order valence-corrected chi connectivity index (χ3v) is 4.98. The number of methoxy groups -OCH3 is 2. The maximum atomic E-state index is 13.9. The molecular weight excluding hydrogens is 398 g/mol. The van der Waals surface area contributed by atoms with E-state index in [4.69, 9.17) is 21.7 Å². The minimum Gasteiger partial charge on any atom is -0.495 e. The number of anilines is 1. The second kappa shape index (κ2) is 8.57. The number of benzene rings is 2. The van der Waals surface area contributed by atoms with Crippen molar-refractivity contribution in [1.29, 1.82) is 0 Å². The van der Waals surface area contributed by atoms with Crippen LogP contribution in [0.25, 0.3) is 0 Å². The highest BCUT2D eigenvalue weighted by Crippen LogP contribution is 2.39. The van der Waals surface area contributed by atoms with Gasteiger partial charge in [-0.05, 0) is 48.5 Å². The highest BCUT2D eigenvalue weighted by Gasteiger charge is 2.37. The molecule has 0 radical (unpaired) electrons. The molecule has 1 atom stereocenters. The van der Waals surface area contributed by atoms with Gasteiger partial charge in [0.15, 0.2) is 16.7 Å². The molecule has 8 heteroatoms. The molecule has 0 spiro atoms. The van der Waals surface area contributed by atoms with E-state index in [1.807, 2.05) is 25.1 Å². The van der Waals surface area contributed by atoms with Crippen molar-refractivity contribution in [1.82, 2.24) is 5.32 Å². The van der Waals surface area contributed by atoms with Crippen LogP contribution in [0.1, 0.15) is 24.9 Å². The second-order valence-electron chi connectivity index (χ2n) is 6.27. The number of ether oxygens (including phenoxy) is 2. The monoisotopic (exact) mass is 418 g/mol. The summed E-state index contributed by atoms with van der Waals surface area (Å²) in [5.41, 5.74) is 1.85. The molecule has 0 amide bonds. The summed E-state index contributed by atoms with van der Waals surface area (Å²) in [5, 5.41) is 3.36. The van der Waals surface area contributed by atoms with Gasteiger partial charge in [0.25, 0.3) is 0 Å². The van der Waals surface area contributed by atoms with Gasteiger partial charge >= 0.3 is 5.97 Å². The van der Waals surface area contributed by atoms with Crippen LogP contribution < -0.4 is 15.0 Å². The van der Waals surface area contributed by atoms with E-state index >= 15 is 0 Å². The Labute approximate surface area is 172 Å². The molecule has 3 rings (SSSR count). The van der Waals surface area contributed by atoms with Crippen molar-refractivity contribution in [3.8, 4) is 5.75 Å². The Hall–Kier alpha value is -3.00. The fourth-order valence-electron chi connectivity index (χ4n) is 3.38. The van der Waals surface area contributed by atoms with Gasteiger partial charge in [-0.3, -0.25) is 4.90 Å². The number of esters is 1. The predicted octanol–water partition coefficient (Wildman–Crippen LogP) is 4.25. The predicted molar refractivity (Wildman–Crippen MR) is 110 cm³/mol. The molecular formula is C21H20F2N2O3S. The van der Waals surface area contributed by atoms with E-state index in [1.54, 1.807) is 18.1 Å². The maximum Gasteiger partial charge on any atom is 0.337 e. The van der Waals surface area contributed by atoms with Gasteiger partial charge in [0.05, 0.1) is 31.5 Å². The van der Waals surface area contributed by atoms with E-state index in [1.165, 1.54) is 13.2 Å². The number of halogens is 2. The molecule has 1 aliphatic rings. The molecule has 2 aromatic rings. The average molecular weight is 418 g/mol. The molecule has 0 aliphatic carbocycles. The number of hydrogen-bond acceptors (Lipinski definition) is 4. The molecule has 0 fully saturated rings. The smallest absolute Gasteiger partial charge is 0.337 e. The minimum atomic E-state index is -1.01. The van der Waals surface area contributed by atoms with Gasteiger partial charge in [0.2, 0.25) is 0 Å². The van der Waals surface area contributed by atoms with Crippen molar-refractivity contribution in [3.63, 3.8) is 0 Å². The second-order valence-corrected chi connectivity index (χ2v) is 6.66. The van der Waals surface area contributed by atoms with Crippen LogP contribution in [0, 0.1) is 11.6 Å². The number of carbonyl (C=O) groups excluding carboxylic acids is 1. The lowest BCUT2D eigenvalue weighted by atomic mass is 9.93. The Morgan fingerprint density at radius 1 is 1.17 bits per heavy atom. The average Bonchev–Trinajstić information content (AvgIpc) is 2.74. The Bertz CT molecular complexity index is 994. The summed E-state index contributed by atoms with van der Waals surface area (Å²) in [6.45, 7) is 1.87. The van der Waals surface area contributed by atoms with E-state index in [-0.39, 0.29) is 5.57 Å². The van der Waals surface area contributed by atoms with Crippen LogP contribution >= 0.6 is 12.2 Å². The fourth-order valence-corrected chi connectivity index (χ4v) is 3.70. The number of para-hydroxylation sites is 2. The Morgan fingerprint density at radius 3 is 2.52 bits per heavy atom. The zero-order valence-electron chi connectivity index (χ0n) is 16.2. The summed E-state index contributed by atoms with van der Waals surface area (Å²) < 4.78 is 37.7. The number of hydrogen-bond donors (Lipinski definition) is 1. The van der Waals surface area contributed by atoms with Gasteiger partial charge in [0, 0.05) is 5.70 Å². The molecule has 152 valence electrons. The molecule has 2 aromatic carbocycles. The van der Waals surface area contributed by atoms with Crippen LogP contribution in [0.3, 0.4) is 0 Å². The van der Waals surface area contributed by atoms with Gasteiger partial charge in [-0.1, -0.05) is 25.1 Å². The molecule has 1 aliphatic heterocycles. The van der Waals surface area contributed by atoms with E-state index in [0.717, 1.165) is 12.1 Å². The molecule has 1 heterocycles. The molecule has 0 saturated carbocycles. The van der Waals surface area contributed by atoms with Gasteiger partial charge in [-0.25, -0.2) is 13.6 Å². The first-order valence-electron chi connectivity index (χ1n) is 8.92. The van der Waals surface area contributed by atoms with Gasteiger partial charge in [-0.2, -0.15) is 0 Å². The number of allylic oxidation sites excluding steroid dienone is 1. The highest BCUT2D eigenvalue weighted by atomic mass is 32.1. The largest absolute Gasteiger partial charge is 0.495 e. The third kappa shape index (κ3) is 3.80. The lowest BCUT2D eigenvalue weighted by molar-refractivity contribution is -0.136. The summed E-state index contributed by atoms with van der Waals surface area (Å²) >= 11 is 5.58. The first-order chi connectivity index (χ1) is 13.9. The Kier molecular flexibility index (Phi) is 6.12. The third-order valence-electron chi connectivity index (χ3n) is 4.68. The lowest BCUT2D eigenvalue weighted by Crippen LogP contribution is -2.48. The topological polar surface area (TPSA) is 50.8 Å². The quantitative estimate of drug-likeness (QED) is 0.579. The van der Waals surface area contributed by atoms with E-state index in [2.05, 4.69) is 5.32 Å². The fraction of sp³-hybridized carbons (Fsp3) is 0.238. The molecule has 29 heavy (non-hydrogen) atoms. The molecule has 0 unspecified atom stereocenters. The normalized spacial score (nSPS) is 16.5. The van der Waals surface area contributed by atoms with Crippen LogP contribution in [0.15, 0.2) is 53.7 Å². The summed E-state index contributed by atoms with van der Waals surface area (Å²) in [4.78, 5) is 14.4. The van der Waals surface area contributed by atoms with Crippen molar-refractivity contribution in [2.75, 3.05) is 19.1 Å². The minimum absolute atomic E-state index is 0.264. The van der Waals surface area contributed by atoms with Crippen molar-refractivity contribution < 1.29 is 23.0 Å². The lowest BCUT2D eigenvalue weighted by Gasteiger charge is -2.38. The molecule has 5 nitrogen and oxygen atoms in total. The van der Waals surface area contributed by atoms with Gasteiger partial charge in [0.1, 0.15) is 5.75 Å². The van der Waals surface area contributed by atoms with Gasteiger partial charge in [-0.15, -0.1) is 0 Å². The molecule has 0 bridgehead atoms. The summed E-state index contributed by atoms with van der Waals surface area (Å²) in [6, 6.07) is 9.93. The standard InChI is InChI=1S/C21H20F2N2O3S/c1-4-15-18(20(26)28-3)19(12-9-10-13(22)14(23)11-12)24-21(29)25(15)16-7-5-6-8-17(16)27-2/h5-11,19H,4H2,1-3H3,(H,24,29)/t19-/m1/s1. The van der Waals surface area contributed by atoms with E-state index in [9.17, 15) is 13.6 Å². The van der Waals surface area contributed by atoms with Crippen molar-refractivity contribution in [2.24, 2.45) is 0 Å². The van der Waals surface area contributed by atoms with Crippen LogP contribution in [0.5, 0.6) is 5.75 Å². The first kappa shape index (κ1) is 20.7. The van der Waals surface area contributed by atoms with Crippen LogP contribution in [0.4, 0.5) is 14.5 Å². The summed E-state index contributed by atoms with van der Waals surface area (Å²) in [5.74, 6) is -2.00. The van der Waals surface area contributed by atoms with Crippen LogP contribution in [0.2, 0.25) is 0 Å². The van der Waals surface area contributed by atoms with Crippen LogP contribution in [-0.4, -0.2) is 25.3 Å². The summed E-state index contributed by atoms with van der Waals surface area (Å²) in [7, 11) is 2.81. The molecule has 0 saturated heterocycles. The van der Waals surface area contributed by atoms with Crippen molar-refractivity contribution >= 4 is 29.0 Å². The van der Waals surface area contributed by atoms with E-state index < -0.39 is 23.6 Å². The first-order valence-corrected chi connectivity index (χ1v) is 9.33. The highest BCUT2D eigenvalue weighted by molar-refractivity contribution is 7.80. The van der Waals surface area contributed by atoms with Crippen molar-refractivity contribution in [3.05, 3.63) is 70.9 Å². The number of thiocarbonyl (C=S) groups is 1. The SMILES string of the molecule is CCC1=C(C(=O)OC)[C@@H](c2ccc(F)c(F)c2)NC(=S)N1c1ccccc1OC. The van der Waals surface area contributed by atoms with E-state index in [0.29, 0.717) is 34.2 Å². The zero-order chi connectivity index (χ0) is 21.1. The number of nitrogens with zero attached hydrogens (tertiary/aromatic N) is 1. The maximum absolute atomic E-state index is 13.9. The molecule has 1 N–H and O–H groups in total. The zero-order valence-corrected chi connectivity index (χ0v) is 17.0. The van der Waals surface area contributed by atoms with Gasteiger partial charge < -0.3 is 14.8 Å². The number of rotatable bonds is 5. The van der Waals surface area contributed by atoms with Crippen LogP contribution in [-0.2, 0) is 9.53 Å². The number of carbonyl (C=O) groups is 1. The molecule has 0 aromatic heterocycles. The number of nitrogens with one attached hydrogen (secondary N) is 1. The van der Waals surface area contributed by atoms with Crippen molar-refractivity contribution in [2.45, 2.75) is 19.4 Å². The Balaban J connectivity index is 2.23. The summed E-state index contributed by atoms with van der Waals surface area (Å²) in [6.07, 6.45) is 0.435.